The molecule has 2 heterocycles. The summed E-state index contributed by atoms with van der Waals surface area (Å²) in [5.41, 5.74) is 39.7. The molecule has 2 fully saturated rings. The van der Waals surface area contributed by atoms with Crippen LogP contribution in [0.2, 0.25) is 0 Å². The second-order valence-electron chi connectivity index (χ2n) is 16.9. The smallest absolute Gasteiger partial charge is 0.326 e. The van der Waals surface area contributed by atoms with E-state index in [9.17, 15) is 43.5 Å². The SMILES string of the molecule is NCCCC[C@H](NC(=O)[C@H](CCCCN)NC(=O)[C@H](CCCCN)NC(=O)[C@@H](N)CCCCN)C(=O)NCC(=O)N1CCC[C@H]1C(=O)N[C@@H](CCCN=C(N)N)C(=O)N1CCC[C@H]1C(=O)O. The van der Waals surface area contributed by atoms with Gasteiger partial charge in [0.05, 0.1) is 12.6 Å². The number of carboxylic acids is 1. The quantitative estimate of drug-likeness (QED) is 0.0169. The van der Waals surface area contributed by atoms with Gasteiger partial charge >= 0.3 is 5.97 Å². The van der Waals surface area contributed by atoms with Gasteiger partial charge in [0.25, 0.3) is 0 Å². The number of aliphatic carboxylic acids is 1. The lowest BCUT2D eigenvalue weighted by Gasteiger charge is -2.30. The number of nitrogens with two attached hydrogens (primary N) is 7. The number of carbonyl (C=O) groups excluding carboxylic acids is 7. The number of nitrogens with zero attached hydrogens (tertiary/aromatic N) is 3. The van der Waals surface area contributed by atoms with Crippen molar-refractivity contribution < 1.29 is 43.5 Å². The first-order valence-electron chi connectivity index (χ1n) is 23.5. The van der Waals surface area contributed by atoms with E-state index in [1.807, 2.05) is 0 Å². The van der Waals surface area contributed by atoms with Crippen molar-refractivity contribution in [3.8, 4) is 0 Å². The normalized spacial score (nSPS) is 18.0. The van der Waals surface area contributed by atoms with Gasteiger partial charge in [-0.05, 0) is 135 Å². The maximum Gasteiger partial charge on any atom is 0.326 e. The number of hydrogen-bond donors (Lipinski definition) is 13. The second kappa shape index (κ2) is 31.7. The molecule has 24 heteroatoms. The number of aliphatic imine (C=N–C) groups is 1. The van der Waals surface area contributed by atoms with Crippen LogP contribution in [0.25, 0.3) is 0 Å². The summed E-state index contributed by atoms with van der Waals surface area (Å²) in [5, 5.41) is 23.3. The van der Waals surface area contributed by atoms with Crippen molar-refractivity contribution in [1.82, 2.24) is 36.4 Å². The van der Waals surface area contributed by atoms with Crippen LogP contribution < -0.4 is 66.7 Å². The van der Waals surface area contributed by atoms with Gasteiger partial charge in [-0.25, -0.2) is 4.79 Å². The van der Waals surface area contributed by atoms with Gasteiger partial charge in [0.15, 0.2) is 5.96 Å². The van der Waals surface area contributed by atoms with Gasteiger partial charge in [-0.15, -0.1) is 0 Å². The molecule has 7 atom stereocenters. The highest BCUT2D eigenvalue weighted by molar-refractivity contribution is 5.97. The first kappa shape index (κ1) is 57.0. The zero-order valence-electron chi connectivity index (χ0n) is 38.5. The van der Waals surface area contributed by atoms with Crippen LogP contribution in [0.4, 0.5) is 0 Å². The highest BCUT2D eigenvalue weighted by Crippen LogP contribution is 2.22. The summed E-state index contributed by atoms with van der Waals surface area (Å²) >= 11 is 0. The number of hydrogen-bond acceptors (Lipinski definition) is 14. The van der Waals surface area contributed by atoms with Crippen LogP contribution in [0.3, 0.4) is 0 Å². The number of rotatable bonds is 33. The Balaban J connectivity index is 2.20. The summed E-state index contributed by atoms with van der Waals surface area (Å²) in [7, 11) is 0. The van der Waals surface area contributed by atoms with E-state index in [0.29, 0.717) is 103 Å². The minimum absolute atomic E-state index is 0.104. The molecule has 20 N–H and O–H groups in total. The number of likely N-dealkylation sites (tertiary alicyclic amines) is 2. The Bertz CT molecular complexity index is 1600. The Morgan fingerprint density at radius 2 is 1.02 bits per heavy atom. The molecule has 0 aromatic rings. The number of amides is 7. The Morgan fingerprint density at radius 3 is 1.52 bits per heavy atom. The predicted octanol–water partition coefficient (Wildman–Crippen LogP) is -3.99. The molecule has 2 rings (SSSR count). The molecular formula is C42H79N15O9. The maximum atomic E-state index is 13.9. The molecule has 2 saturated heterocycles. The topological polar surface area (TPSA) is 418 Å². The lowest BCUT2D eigenvalue weighted by atomic mass is 10.0. The first-order chi connectivity index (χ1) is 31.6. The Morgan fingerprint density at radius 1 is 0.561 bits per heavy atom. The molecule has 0 aromatic carbocycles. The summed E-state index contributed by atoms with van der Waals surface area (Å²) in [6.45, 7) is 1.54. The third-order valence-electron chi connectivity index (χ3n) is 11.7. The molecule has 0 radical (unpaired) electrons. The number of guanidine groups is 1. The number of carboxylic acid groups (broad SMARTS) is 1. The Kier molecular flexibility index (Phi) is 27.4. The van der Waals surface area contributed by atoms with Gasteiger partial charge in [0.2, 0.25) is 41.4 Å². The molecule has 0 unspecified atom stereocenters. The van der Waals surface area contributed by atoms with Gasteiger partial charge in [-0.1, -0.05) is 6.42 Å². The summed E-state index contributed by atoms with van der Waals surface area (Å²) in [5.74, 6) is -5.51. The van der Waals surface area contributed by atoms with E-state index < -0.39 is 96.2 Å². The molecule has 7 amide bonds. The fraction of sp³-hybridized carbons (Fsp3) is 0.786. The molecule has 66 heavy (non-hydrogen) atoms. The molecular weight excluding hydrogens is 859 g/mol. The molecule has 0 aromatic heterocycles. The highest BCUT2D eigenvalue weighted by Gasteiger charge is 2.40. The van der Waals surface area contributed by atoms with E-state index >= 15 is 0 Å². The standard InChI is InChI=1S/C42H79N15O9/c43-19-5-1-12-27(47)35(59)52-29(14-3-7-21-45)37(61)54-30(15-4-8-22-46)38(62)53-28(13-2-6-20-44)36(60)51-26-34(58)56-24-10-17-32(56)39(63)55-31(16-9-23-50-42(48)49)40(64)57-25-11-18-33(57)41(65)66/h27-33H,1-26,43-47H2,(H,51,60)(H,52,59)(H,53,62)(H,54,61)(H,55,63)(H,65,66)(H4,48,49,50)/t27-,28-,29-,30-,31-,32-,33-/m0/s1. The lowest BCUT2D eigenvalue weighted by molar-refractivity contribution is -0.149. The second-order valence-corrected chi connectivity index (χ2v) is 16.9. The lowest BCUT2D eigenvalue weighted by Crippen LogP contribution is -2.58. The van der Waals surface area contributed by atoms with E-state index in [4.69, 9.17) is 40.1 Å². The molecule has 2 aliphatic rings. The Hall–Kier alpha value is -5.17. The highest BCUT2D eigenvalue weighted by atomic mass is 16.4. The monoisotopic (exact) mass is 938 g/mol. The number of unbranched alkanes of at least 4 members (excludes halogenated alkanes) is 4. The Labute approximate surface area is 387 Å². The van der Waals surface area contributed by atoms with Gasteiger partial charge in [0, 0.05) is 19.6 Å². The molecule has 2 aliphatic heterocycles. The average Bonchev–Trinajstić information content (AvgIpc) is 3.99. The van der Waals surface area contributed by atoms with Gasteiger partial charge in [-0.3, -0.25) is 38.6 Å². The van der Waals surface area contributed by atoms with Crippen LogP contribution in [0.15, 0.2) is 4.99 Å². The third kappa shape index (κ3) is 20.1. The fourth-order valence-corrected chi connectivity index (χ4v) is 7.99. The molecule has 0 spiro atoms. The van der Waals surface area contributed by atoms with Crippen LogP contribution >= 0.6 is 0 Å². The molecule has 0 bridgehead atoms. The summed E-state index contributed by atoms with van der Waals surface area (Å²) in [4.78, 5) is 114. The number of nitrogens with one attached hydrogen (secondary N) is 5. The molecule has 0 aliphatic carbocycles. The zero-order chi connectivity index (χ0) is 49.0. The minimum atomic E-state index is -1.15. The van der Waals surface area contributed by atoms with Crippen molar-refractivity contribution in [3.05, 3.63) is 0 Å². The van der Waals surface area contributed by atoms with Crippen molar-refractivity contribution >= 4 is 53.3 Å². The third-order valence-corrected chi connectivity index (χ3v) is 11.7. The van der Waals surface area contributed by atoms with Crippen molar-refractivity contribution in [2.45, 2.75) is 158 Å². The maximum absolute atomic E-state index is 13.9. The number of carbonyl (C=O) groups is 8. The van der Waals surface area contributed by atoms with Crippen molar-refractivity contribution in [2.75, 3.05) is 52.4 Å². The van der Waals surface area contributed by atoms with Crippen LogP contribution in [0, 0.1) is 0 Å². The van der Waals surface area contributed by atoms with Gasteiger partial charge in [0.1, 0.15) is 36.3 Å². The predicted molar refractivity (Wildman–Crippen MR) is 247 cm³/mol. The summed E-state index contributed by atoms with van der Waals surface area (Å²) < 4.78 is 0. The van der Waals surface area contributed by atoms with E-state index in [2.05, 4.69) is 31.6 Å². The molecule has 0 saturated carbocycles. The van der Waals surface area contributed by atoms with Gasteiger partial charge < -0.3 is 81.6 Å². The van der Waals surface area contributed by atoms with Crippen molar-refractivity contribution in [3.63, 3.8) is 0 Å². The van der Waals surface area contributed by atoms with Crippen LogP contribution in [0.5, 0.6) is 0 Å². The van der Waals surface area contributed by atoms with E-state index in [0.717, 1.165) is 0 Å². The van der Waals surface area contributed by atoms with Crippen molar-refractivity contribution in [2.24, 2.45) is 45.1 Å². The largest absolute Gasteiger partial charge is 0.480 e. The zero-order valence-corrected chi connectivity index (χ0v) is 38.5. The van der Waals surface area contributed by atoms with Gasteiger partial charge in [-0.2, -0.15) is 0 Å². The first-order valence-corrected chi connectivity index (χ1v) is 23.5. The average molecular weight is 938 g/mol. The summed E-state index contributed by atoms with van der Waals surface area (Å²) in [6, 6.07) is -7.26. The van der Waals surface area contributed by atoms with Crippen molar-refractivity contribution in [1.29, 1.82) is 0 Å². The van der Waals surface area contributed by atoms with E-state index in [1.54, 1.807) is 0 Å². The van der Waals surface area contributed by atoms with Crippen LogP contribution in [0.1, 0.15) is 116 Å². The minimum Gasteiger partial charge on any atom is -0.480 e. The van der Waals surface area contributed by atoms with Crippen LogP contribution in [-0.4, -0.2) is 163 Å². The van der Waals surface area contributed by atoms with E-state index in [-0.39, 0.29) is 64.1 Å². The molecule has 376 valence electrons. The molecule has 24 nitrogen and oxygen atoms in total. The fourth-order valence-electron chi connectivity index (χ4n) is 7.99. The van der Waals surface area contributed by atoms with E-state index in [1.165, 1.54) is 9.80 Å². The summed E-state index contributed by atoms with van der Waals surface area (Å²) in [6.07, 6.45) is 7.25. The van der Waals surface area contributed by atoms with Crippen LogP contribution in [-0.2, 0) is 38.4 Å².